The highest BCUT2D eigenvalue weighted by molar-refractivity contribution is 5.68. The second-order valence-electron chi connectivity index (χ2n) is 7.62. The predicted molar refractivity (Wildman–Crippen MR) is 89.1 cm³/mol. The average Bonchev–Trinajstić information content (AvgIpc) is 2.37. The van der Waals surface area contributed by atoms with Crippen molar-refractivity contribution < 1.29 is 14.3 Å². The first-order valence-electron chi connectivity index (χ1n) is 8.57. The summed E-state index contributed by atoms with van der Waals surface area (Å²) >= 11 is 0. The summed E-state index contributed by atoms with van der Waals surface area (Å²) in [5, 5.41) is 6.51. The van der Waals surface area contributed by atoms with Crippen LogP contribution in [0, 0.1) is 5.92 Å². The molecule has 1 rings (SSSR count). The lowest BCUT2D eigenvalue weighted by Crippen LogP contribution is -2.44. The Bertz CT molecular complexity index is 318. The summed E-state index contributed by atoms with van der Waals surface area (Å²) in [6.07, 6.45) is 3.88. The van der Waals surface area contributed by atoms with E-state index in [0.717, 1.165) is 45.4 Å². The molecule has 1 aliphatic carbocycles. The highest BCUT2D eigenvalue weighted by atomic mass is 16.6. The maximum atomic E-state index is 11.7. The van der Waals surface area contributed by atoms with E-state index in [1.165, 1.54) is 0 Å². The van der Waals surface area contributed by atoms with Crippen molar-refractivity contribution in [1.82, 2.24) is 10.6 Å². The van der Waals surface area contributed by atoms with Crippen LogP contribution in [0.3, 0.4) is 0 Å². The van der Waals surface area contributed by atoms with Gasteiger partial charge in [0, 0.05) is 25.2 Å². The van der Waals surface area contributed by atoms with Crippen LogP contribution in [0.25, 0.3) is 0 Å². The van der Waals surface area contributed by atoms with E-state index in [-0.39, 0.29) is 12.1 Å². The minimum atomic E-state index is -0.432. The van der Waals surface area contributed by atoms with Gasteiger partial charge in [0.25, 0.3) is 0 Å². The summed E-state index contributed by atoms with van der Waals surface area (Å²) in [4.78, 5) is 11.7. The third-order valence-corrected chi connectivity index (χ3v) is 3.58. The third kappa shape index (κ3) is 9.26. The molecule has 0 aromatic heterocycles. The molecule has 0 saturated heterocycles. The molecule has 0 unspecified atom stereocenters. The number of hydrogen-bond acceptors (Lipinski definition) is 4. The molecule has 0 atom stereocenters. The Labute approximate surface area is 135 Å². The molecule has 0 bridgehead atoms. The smallest absolute Gasteiger partial charge is 0.407 e. The van der Waals surface area contributed by atoms with Crippen LogP contribution in [-0.4, -0.2) is 43.5 Å². The van der Waals surface area contributed by atoms with E-state index in [2.05, 4.69) is 24.5 Å². The van der Waals surface area contributed by atoms with E-state index in [4.69, 9.17) is 9.47 Å². The number of hydrogen-bond donors (Lipinski definition) is 2. The highest BCUT2D eigenvalue weighted by Gasteiger charge is 2.24. The number of carbonyl (C=O) groups is 1. The van der Waals surface area contributed by atoms with E-state index < -0.39 is 5.60 Å². The maximum Gasteiger partial charge on any atom is 0.407 e. The van der Waals surface area contributed by atoms with Gasteiger partial charge in [0.05, 0.1) is 6.61 Å². The van der Waals surface area contributed by atoms with Crippen LogP contribution >= 0.6 is 0 Å². The van der Waals surface area contributed by atoms with Crippen molar-refractivity contribution in [2.24, 2.45) is 5.92 Å². The van der Waals surface area contributed by atoms with Gasteiger partial charge >= 0.3 is 6.09 Å². The zero-order valence-corrected chi connectivity index (χ0v) is 14.9. The molecule has 1 aliphatic rings. The quantitative estimate of drug-likeness (QED) is 0.709. The molecule has 0 aromatic rings. The zero-order valence-electron chi connectivity index (χ0n) is 14.9. The molecule has 1 fully saturated rings. The number of alkyl carbamates (subject to hydrolysis) is 1. The Morgan fingerprint density at radius 2 is 1.73 bits per heavy atom. The van der Waals surface area contributed by atoms with Gasteiger partial charge in [-0.2, -0.15) is 0 Å². The second-order valence-corrected chi connectivity index (χ2v) is 7.62. The fraction of sp³-hybridized carbons (Fsp3) is 0.941. The number of nitrogens with one attached hydrogen (secondary N) is 2. The van der Waals surface area contributed by atoms with Gasteiger partial charge in [-0.1, -0.05) is 13.8 Å². The summed E-state index contributed by atoms with van der Waals surface area (Å²) in [6.45, 7) is 12.5. The van der Waals surface area contributed by atoms with Crippen molar-refractivity contribution in [3.05, 3.63) is 0 Å². The van der Waals surface area contributed by atoms with Crippen LogP contribution in [0.2, 0.25) is 0 Å². The molecule has 5 heteroatoms. The summed E-state index contributed by atoms with van der Waals surface area (Å²) in [6, 6.07) is 0.782. The molecule has 0 aliphatic heterocycles. The molecule has 0 radical (unpaired) electrons. The second kappa shape index (κ2) is 9.36. The van der Waals surface area contributed by atoms with Gasteiger partial charge in [-0.3, -0.25) is 0 Å². The SMILES string of the molecule is CC(C)COCCNC1CCC(NC(=O)OC(C)(C)C)CC1. The topological polar surface area (TPSA) is 59.6 Å². The lowest BCUT2D eigenvalue weighted by Gasteiger charge is -2.30. The number of ether oxygens (including phenoxy) is 2. The van der Waals surface area contributed by atoms with Gasteiger partial charge in [0.1, 0.15) is 5.60 Å². The Hall–Kier alpha value is -0.810. The van der Waals surface area contributed by atoms with Crippen molar-refractivity contribution in [2.45, 2.75) is 78.0 Å². The predicted octanol–water partition coefficient (Wildman–Crippen LogP) is 3.08. The Balaban J connectivity index is 2.09. The third-order valence-electron chi connectivity index (χ3n) is 3.58. The molecule has 22 heavy (non-hydrogen) atoms. The largest absolute Gasteiger partial charge is 0.444 e. The number of carbonyl (C=O) groups excluding carboxylic acids is 1. The van der Waals surface area contributed by atoms with Crippen LogP contribution in [0.4, 0.5) is 4.79 Å². The monoisotopic (exact) mass is 314 g/mol. The van der Waals surface area contributed by atoms with Crippen molar-refractivity contribution >= 4 is 6.09 Å². The lowest BCUT2D eigenvalue weighted by molar-refractivity contribution is 0.0489. The van der Waals surface area contributed by atoms with Crippen LogP contribution in [-0.2, 0) is 9.47 Å². The van der Waals surface area contributed by atoms with E-state index in [0.29, 0.717) is 12.0 Å². The molecule has 1 amide bonds. The van der Waals surface area contributed by atoms with Gasteiger partial charge in [-0.05, 0) is 52.4 Å². The zero-order chi connectivity index (χ0) is 16.6. The summed E-state index contributed by atoms with van der Waals surface area (Å²) in [5.74, 6) is 0.592. The van der Waals surface area contributed by atoms with Crippen molar-refractivity contribution in [1.29, 1.82) is 0 Å². The lowest BCUT2D eigenvalue weighted by atomic mass is 9.91. The molecular formula is C17H34N2O3. The summed E-state index contributed by atoms with van der Waals surface area (Å²) in [7, 11) is 0. The van der Waals surface area contributed by atoms with E-state index in [1.807, 2.05) is 20.8 Å². The summed E-state index contributed by atoms with van der Waals surface area (Å²) in [5.41, 5.74) is -0.432. The molecule has 5 nitrogen and oxygen atoms in total. The molecule has 0 spiro atoms. The number of rotatable bonds is 7. The average molecular weight is 314 g/mol. The molecule has 0 heterocycles. The first-order chi connectivity index (χ1) is 10.3. The van der Waals surface area contributed by atoms with Gasteiger partial charge < -0.3 is 20.1 Å². The highest BCUT2D eigenvalue weighted by Crippen LogP contribution is 2.19. The van der Waals surface area contributed by atoms with E-state index >= 15 is 0 Å². The van der Waals surface area contributed by atoms with E-state index in [9.17, 15) is 4.79 Å². The van der Waals surface area contributed by atoms with Crippen LogP contribution < -0.4 is 10.6 Å². The minimum absolute atomic E-state index is 0.241. The van der Waals surface area contributed by atoms with Crippen LogP contribution in [0.5, 0.6) is 0 Å². The first-order valence-corrected chi connectivity index (χ1v) is 8.57. The molecular weight excluding hydrogens is 280 g/mol. The van der Waals surface area contributed by atoms with Crippen molar-refractivity contribution in [2.75, 3.05) is 19.8 Å². The first kappa shape index (κ1) is 19.2. The standard InChI is InChI=1S/C17H34N2O3/c1-13(2)12-21-11-10-18-14-6-8-15(9-7-14)19-16(20)22-17(3,4)5/h13-15,18H,6-12H2,1-5H3,(H,19,20). The van der Waals surface area contributed by atoms with Gasteiger partial charge in [0.15, 0.2) is 0 Å². The molecule has 2 N–H and O–H groups in total. The minimum Gasteiger partial charge on any atom is -0.444 e. The molecule has 0 aromatic carbocycles. The summed E-state index contributed by atoms with van der Waals surface area (Å²) < 4.78 is 10.9. The normalized spacial score (nSPS) is 22.6. The van der Waals surface area contributed by atoms with Crippen molar-refractivity contribution in [3.63, 3.8) is 0 Å². The fourth-order valence-corrected chi connectivity index (χ4v) is 2.57. The Kier molecular flexibility index (Phi) is 8.18. The Morgan fingerprint density at radius 1 is 1.14 bits per heavy atom. The number of amides is 1. The molecule has 1 saturated carbocycles. The van der Waals surface area contributed by atoms with Crippen LogP contribution in [0.15, 0.2) is 0 Å². The van der Waals surface area contributed by atoms with Crippen LogP contribution in [0.1, 0.15) is 60.3 Å². The fourth-order valence-electron chi connectivity index (χ4n) is 2.57. The van der Waals surface area contributed by atoms with Gasteiger partial charge in [-0.15, -0.1) is 0 Å². The van der Waals surface area contributed by atoms with Gasteiger partial charge in [-0.25, -0.2) is 4.79 Å². The molecule has 130 valence electrons. The maximum absolute atomic E-state index is 11.7. The Morgan fingerprint density at radius 3 is 2.27 bits per heavy atom. The van der Waals surface area contributed by atoms with Crippen molar-refractivity contribution in [3.8, 4) is 0 Å². The van der Waals surface area contributed by atoms with Gasteiger partial charge in [0.2, 0.25) is 0 Å². The van der Waals surface area contributed by atoms with E-state index in [1.54, 1.807) is 0 Å².